The molecule has 0 aliphatic carbocycles. The van der Waals surface area contributed by atoms with Gasteiger partial charge in [0, 0.05) is 19.8 Å². The van der Waals surface area contributed by atoms with Crippen LogP contribution in [0.15, 0.2) is 66.2 Å². The zero-order chi connectivity index (χ0) is 19.4. The van der Waals surface area contributed by atoms with Crippen molar-refractivity contribution in [2.24, 2.45) is 0 Å². The third kappa shape index (κ3) is 3.63. The lowest BCUT2D eigenvalue weighted by Crippen LogP contribution is -2.38. The van der Waals surface area contributed by atoms with Crippen molar-refractivity contribution in [3.63, 3.8) is 0 Å². The molecule has 27 heavy (non-hydrogen) atoms. The lowest BCUT2D eigenvalue weighted by atomic mass is 9.95. The Bertz CT molecular complexity index is 843. The molecule has 1 N–H and O–H groups in total. The summed E-state index contributed by atoms with van der Waals surface area (Å²) < 4.78 is 10.4. The maximum absolute atomic E-state index is 12.8. The number of aliphatic hydroxyl groups excluding tert-OH is 1. The van der Waals surface area contributed by atoms with Crippen molar-refractivity contribution in [1.29, 1.82) is 0 Å². The smallest absolute Gasteiger partial charge is 0.295 e. The fourth-order valence-corrected chi connectivity index (χ4v) is 3.21. The molecule has 1 aliphatic heterocycles. The second kappa shape index (κ2) is 8.16. The van der Waals surface area contributed by atoms with E-state index in [0.29, 0.717) is 5.56 Å². The number of hydrogen-bond donors (Lipinski definition) is 1. The Morgan fingerprint density at radius 3 is 2.11 bits per heavy atom. The van der Waals surface area contributed by atoms with E-state index >= 15 is 0 Å². The summed E-state index contributed by atoms with van der Waals surface area (Å²) in [6.07, 6.45) is -0.689. The number of rotatable bonds is 6. The zero-order valence-electron chi connectivity index (χ0n) is 15.2. The zero-order valence-corrected chi connectivity index (χ0v) is 15.2. The number of methoxy groups -OCH3 is 2. The lowest BCUT2D eigenvalue weighted by molar-refractivity contribution is -0.149. The number of likely N-dealkylation sites (tertiary alicyclic amines) is 1. The van der Waals surface area contributed by atoms with Gasteiger partial charge in [-0.25, -0.2) is 0 Å². The van der Waals surface area contributed by atoms with Crippen LogP contribution in [0.1, 0.15) is 17.2 Å². The molecule has 0 spiro atoms. The molecule has 1 amide bonds. The highest BCUT2D eigenvalue weighted by Gasteiger charge is 2.46. The van der Waals surface area contributed by atoms with Gasteiger partial charge in [-0.05, 0) is 5.56 Å². The van der Waals surface area contributed by atoms with E-state index in [-0.39, 0.29) is 17.9 Å². The molecule has 3 rings (SSSR count). The Morgan fingerprint density at radius 1 is 1.00 bits per heavy atom. The summed E-state index contributed by atoms with van der Waals surface area (Å²) in [5.74, 6) is -1.62. The van der Waals surface area contributed by atoms with Crippen molar-refractivity contribution in [3.8, 4) is 0 Å². The van der Waals surface area contributed by atoms with E-state index in [4.69, 9.17) is 9.47 Å². The van der Waals surface area contributed by atoms with Crippen molar-refractivity contribution >= 4 is 17.4 Å². The summed E-state index contributed by atoms with van der Waals surface area (Å²) >= 11 is 0. The predicted octanol–water partition coefficient (Wildman–Crippen LogP) is 2.73. The number of ether oxygens (including phenoxy) is 2. The Morgan fingerprint density at radius 2 is 1.56 bits per heavy atom. The highest BCUT2D eigenvalue weighted by Crippen LogP contribution is 2.39. The van der Waals surface area contributed by atoms with Crippen LogP contribution in [0.3, 0.4) is 0 Å². The van der Waals surface area contributed by atoms with E-state index in [0.717, 1.165) is 5.56 Å². The van der Waals surface area contributed by atoms with E-state index in [2.05, 4.69) is 0 Å². The number of amides is 1. The number of carbonyl (C=O) groups excluding carboxylic acids is 2. The van der Waals surface area contributed by atoms with Crippen LogP contribution in [0.5, 0.6) is 0 Å². The first-order valence-electron chi connectivity index (χ1n) is 8.52. The quantitative estimate of drug-likeness (QED) is 0.368. The highest BCUT2D eigenvalue weighted by atomic mass is 16.7. The molecular weight excluding hydrogens is 346 g/mol. The van der Waals surface area contributed by atoms with Crippen molar-refractivity contribution in [2.75, 3.05) is 20.8 Å². The first kappa shape index (κ1) is 18.8. The second-order valence-corrected chi connectivity index (χ2v) is 6.13. The fraction of sp³-hybridized carbons (Fsp3) is 0.238. The predicted molar refractivity (Wildman–Crippen MR) is 99.7 cm³/mol. The van der Waals surface area contributed by atoms with E-state index in [9.17, 15) is 14.7 Å². The maximum atomic E-state index is 12.8. The van der Waals surface area contributed by atoms with Gasteiger partial charge in [0.05, 0.1) is 18.2 Å². The summed E-state index contributed by atoms with van der Waals surface area (Å²) in [7, 11) is 2.93. The molecular formula is C21H21NO5. The topological polar surface area (TPSA) is 76.1 Å². The number of carbonyl (C=O) groups is 2. The summed E-state index contributed by atoms with van der Waals surface area (Å²) in [5, 5.41) is 10.8. The molecule has 1 fully saturated rings. The first-order chi connectivity index (χ1) is 13.1. The Labute approximate surface area is 157 Å². The van der Waals surface area contributed by atoms with Crippen LogP contribution in [0.2, 0.25) is 0 Å². The van der Waals surface area contributed by atoms with Gasteiger partial charge >= 0.3 is 0 Å². The second-order valence-electron chi connectivity index (χ2n) is 6.13. The fourth-order valence-electron chi connectivity index (χ4n) is 3.21. The van der Waals surface area contributed by atoms with Crippen molar-refractivity contribution in [2.45, 2.75) is 12.3 Å². The standard InChI is InChI=1S/C21H21NO5/c1-26-16(27-2)13-22-18(14-9-5-3-6-10-14)17(20(24)21(22)25)19(23)15-11-7-4-8-12-15/h3-12,16,18,23H,13H2,1-2H3/t18-/m1/s1. The van der Waals surface area contributed by atoms with Gasteiger partial charge in [-0.1, -0.05) is 60.7 Å². The molecule has 1 aliphatic rings. The third-order valence-corrected chi connectivity index (χ3v) is 4.57. The van der Waals surface area contributed by atoms with Crippen molar-refractivity contribution < 1.29 is 24.2 Å². The Kier molecular flexibility index (Phi) is 5.69. The number of nitrogens with zero attached hydrogens (tertiary/aromatic N) is 1. The van der Waals surface area contributed by atoms with E-state index < -0.39 is 24.0 Å². The third-order valence-electron chi connectivity index (χ3n) is 4.57. The van der Waals surface area contributed by atoms with Crippen LogP contribution in [-0.2, 0) is 19.1 Å². The molecule has 2 aromatic carbocycles. The first-order valence-corrected chi connectivity index (χ1v) is 8.52. The van der Waals surface area contributed by atoms with Crippen LogP contribution in [-0.4, -0.2) is 48.8 Å². The van der Waals surface area contributed by atoms with E-state index in [1.807, 2.05) is 36.4 Å². The molecule has 0 unspecified atom stereocenters. The number of aliphatic hydroxyl groups is 1. The molecule has 0 bridgehead atoms. The van der Waals surface area contributed by atoms with Crippen LogP contribution in [0, 0.1) is 0 Å². The Balaban J connectivity index is 2.14. The van der Waals surface area contributed by atoms with E-state index in [1.54, 1.807) is 24.3 Å². The lowest BCUT2D eigenvalue weighted by Gasteiger charge is -2.28. The molecule has 140 valence electrons. The SMILES string of the molecule is COC(CN1C(=O)C(=O)C(=C(O)c2ccccc2)[C@H]1c1ccccc1)OC. The summed E-state index contributed by atoms with van der Waals surface area (Å²) in [6, 6.07) is 17.1. The molecule has 0 saturated carbocycles. The van der Waals surface area contributed by atoms with Crippen LogP contribution >= 0.6 is 0 Å². The van der Waals surface area contributed by atoms with Crippen molar-refractivity contribution in [1.82, 2.24) is 4.90 Å². The Hall–Kier alpha value is -2.96. The molecule has 1 heterocycles. The van der Waals surface area contributed by atoms with Crippen LogP contribution in [0.25, 0.3) is 5.76 Å². The van der Waals surface area contributed by atoms with Gasteiger partial charge < -0.3 is 19.5 Å². The van der Waals surface area contributed by atoms with Crippen LogP contribution in [0.4, 0.5) is 0 Å². The minimum atomic E-state index is -0.726. The van der Waals surface area contributed by atoms with Crippen LogP contribution < -0.4 is 0 Å². The van der Waals surface area contributed by atoms with Gasteiger partial charge in [-0.3, -0.25) is 9.59 Å². The molecule has 0 radical (unpaired) electrons. The molecule has 1 saturated heterocycles. The largest absolute Gasteiger partial charge is 0.507 e. The van der Waals surface area contributed by atoms with Gasteiger partial charge in [0.2, 0.25) is 0 Å². The number of ketones is 1. The molecule has 6 nitrogen and oxygen atoms in total. The summed E-state index contributed by atoms with van der Waals surface area (Å²) in [5.41, 5.74) is 1.26. The molecule has 2 aromatic rings. The van der Waals surface area contributed by atoms with Gasteiger partial charge in [-0.15, -0.1) is 0 Å². The average Bonchev–Trinajstić information content (AvgIpc) is 2.97. The number of Topliss-reactive ketones (excluding diaryl/α,β-unsaturated/α-hetero) is 1. The summed E-state index contributed by atoms with van der Waals surface area (Å²) in [4.78, 5) is 26.9. The molecule has 0 aromatic heterocycles. The normalized spacial score (nSPS) is 19.1. The van der Waals surface area contributed by atoms with Gasteiger partial charge in [0.25, 0.3) is 11.7 Å². The van der Waals surface area contributed by atoms with Gasteiger partial charge in [-0.2, -0.15) is 0 Å². The van der Waals surface area contributed by atoms with E-state index in [1.165, 1.54) is 19.1 Å². The summed E-state index contributed by atoms with van der Waals surface area (Å²) in [6.45, 7) is 0.0582. The maximum Gasteiger partial charge on any atom is 0.295 e. The van der Waals surface area contributed by atoms with Gasteiger partial charge in [0.1, 0.15) is 5.76 Å². The molecule has 6 heteroatoms. The minimum Gasteiger partial charge on any atom is -0.507 e. The highest BCUT2D eigenvalue weighted by molar-refractivity contribution is 6.46. The van der Waals surface area contributed by atoms with Gasteiger partial charge in [0.15, 0.2) is 6.29 Å². The molecule has 1 atom stereocenters. The monoisotopic (exact) mass is 367 g/mol. The van der Waals surface area contributed by atoms with Crippen molar-refractivity contribution in [3.05, 3.63) is 77.4 Å². The average molecular weight is 367 g/mol. The number of hydrogen-bond acceptors (Lipinski definition) is 5. The minimum absolute atomic E-state index is 0.0582. The number of benzene rings is 2.